The molecule has 6 nitrogen and oxygen atoms in total. The SMILES string of the molecule is CCN(CCC1CC(C)CN1)C(=O)O/N=C(\C)[C@H]1CC[C@H]2[C@@H]3CCC4=CC(=O)CC[C@]4(C)[C@H]3CC[C@]12C. The summed E-state index contributed by atoms with van der Waals surface area (Å²) >= 11 is 0. The Kier molecular flexibility index (Phi) is 7.61. The molecule has 0 radical (unpaired) electrons. The van der Waals surface area contributed by atoms with Crippen molar-refractivity contribution in [2.75, 3.05) is 19.6 Å². The smallest absolute Gasteiger partial charge is 0.314 e. The molecule has 8 atom stereocenters. The van der Waals surface area contributed by atoms with E-state index in [4.69, 9.17) is 4.84 Å². The molecular formula is C31H49N3O3. The zero-order chi connectivity index (χ0) is 26.4. The maximum Gasteiger partial charge on any atom is 0.435 e. The second-order valence-electron chi connectivity index (χ2n) is 13.5. The van der Waals surface area contributed by atoms with Crippen molar-refractivity contribution in [2.45, 2.75) is 105 Å². The third-order valence-corrected chi connectivity index (χ3v) is 11.6. The Hall–Kier alpha value is -1.69. The number of oxime groups is 1. The molecule has 4 fully saturated rings. The van der Waals surface area contributed by atoms with Gasteiger partial charge in [-0.1, -0.05) is 31.5 Å². The molecule has 1 aliphatic heterocycles. The topological polar surface area (TPSA) is 71.0 Å². The molecular weight excluding hydrogens is 462 g/mol. The van der Waals surface area contributed by atoms with Crippen molar-refractivity contribution >= 4 is 17.6 Å². The second-order valence-corrected chi connectivity index (χ2v) is 13.5. The predicted molar refractivity (Wildman–Crippen MR) is 147 cm³/mol. The zero-order valence-electron chi connectivity index (χ0n) is 23.9. The van der Waals surface area contributed by atoms with Gasteiger partial charge in [0, 0.05) is 31.5 Å². The minimum Gasteiger partial charge on any atom is -0.314 e. The van der Waals surface area contributed by atoms with Gasteiger partial charge in [0.2, 0.25) is 0 Å². The monoisotopic (exact) mass is 511 g/mol. The first-order valence-electron chi connectivity index (χ1n) is 15.1. The summed E-state index contributed by atoms with van der Waals surface area (Å²) in [7, 11) is 0. The van der Waals surface area contributed by atoms with Crippen molar-refractivity contribution in [1.29, 1.82) is 0 Å². The van der Waals surface area contributed by atoms with E-state index in [1.54, 1.807) is 4.90 Å². The largest absolute Gasteiger partial charge is 0.435 e. The number of rotatable bonds is 6. The number of amides is 1. The molecule has 6 heteroatoms. The van der Waals surface area contributed by atoms with E-state index in [1.807, 2.05) is 13.0 Å². The number of ketones is 1. The van der Waals surface area contributed by atoms with Crippen molar-refractivity contribution in [3.8, 4) is 0 Å². The number of carbonyl (C=O) groups is 2. The number of fused-ring (bicyclic) bond motifs is 5. The molecule has 1 heterocycles. The maximum absolute atomic E-state index is 12.9. The zero-order valence-corrected chi connectivity index (χ0v) is 23.9. The molecule has 37 heavy (non-hydrogen) atoms. The van der Waals surface area contributed by atoms with Crippen molar-refractivity contribution < 1.29 is 14.4 Å². The van der Waals surface area contributed by atoms with Gasteiger partial charge in [0.1, 0.15) is 0 Å². The van der Waals surface area contributed by atoms with Crippen molar-refractivity contribution in [3.63, 3.8) is 0 Å². The fourth-order valence-corrected chi connectivity index (χ4v) is 9.41. The lowest BCUT2D eigenvalue weighted by atomic mass is 9.46. The number of allylic oxidation sites excluding steroid dienone is 1. The van der Waals surface area contributed by atoms with Crippen LogP contribution in [0.2, 0.25) is 0 Å². The highest BCUT2D eigenvalue weighted by atomic mass is 16.7. The van der Waals surface area contributed by atoms with E-state index < -0.39 is 0 Å². The first kappa shape index (κ1) is 26.9. The molecule has 2 unspecified atom stereocenters. The normalized spacial score (nSPS) is 41.5. The fourth-order valence-electron chi connectivity index (χ4n) is 9.41. The van der Waals surface area contributed by atoms with E-state index in [1.165, 1.54) is 37.7 Å². The number of hydrogen-bond acceptors (Lipinski definition) is 5. The van der Waals surface area contributed by atoms with Gasteiger partial charge < -0.3 is 10.2 Å². The third kappa shape index (κ3) is 4.92. The lowest BCUT2D eigenvalue weighted by molar-refractivity contribution is -0.117. The molecule has 0 aromatic rings. The molecule has 206 valence electrons. The van der Waals surface area contributed by atoms with Gasteiger partial charge in [-0.05, 0) is 119 Å². The molecule has 0 aromatic carbocycles. The van der Waals surface area contributed by atoms with E-state index in [0.717, 1.165) is 50.3 Å². The van der Waals surface area contributed by atoms with Crippen LogP contribution in [-0.4, -0.2) is 48.2 Å². The molecule has 1 amide bonds. The molecule has 0 aromatic heterocycles. The minimum atomic E-state index is -0.317. The van der Waals surface area contributed by atoms with Gasteiger partial charge in [0.15, 0.2) is 5.78 Å². The summed E-state index contributed by atoms with van der Waals surface area (Å²) in [5.74, 6) is 3.55. The highest BCUT2D eigenvalue weighted by Crippen LogP contribution is 2.66. The van der Waals surface area contributed by atoms with Crippen molar-refractivity contribution in [3.05, 3.63) is 11.6 Å². The number of carbonyl (C=O) groups excluding carboxylic acids is 2. The van der Waals surface area contributed by atoms with E-state index >= 15 is 0 Å². The fraction of sp³-hybridized carbons (Fsp3) is 0.839. The summed E-state index contributed by atoms with van der Waals surface area (Å²) in [5.41, 5.74) is 2.86. The lowest BCUT2D eigenvalue weighted by Gasteiger charge is -2.58. The van der Waals surface area contributed by atoms with Gasteiger partial charge in [-0.2, -0.15) is 0 Å². The Morgan fingerprint density at radius 1 is 1.16 bits per heavy atom. The molecule has 0 spiro atoms. The van der Waals surface area contributed by atoms with Crippen LogP contribution >= 0.6 is 0 Å². The highest BCUT2D eigenvalue weighted by molar-refractivity contribution is 5.91. The van der Waals surface area contributed by atoms with Crippen LogP contribution in [0.5, 0.6) is 0 Å². The Labute approximate surface area is 224 Å². The lowest BCUT2D eigenvalue weighted by Crippen LogP contribution is -2.51. The summed E-state index contributed by atoms with van der Waals surface area (Å²) in [4.78, 5) is 32.3. The van der Waals surface area contributed by atoms with Gasteiger partial charge in [0.05, 0.1) is 5.71 Å². The first-order valence-corrected chi connectivity index (χ1v) is 15.1. The molecule has 4 aliphatic carbocycles. The van der Waals surface area contributed by atoms with Gasteiger partial charge in [0.25, 0.3) is 0 Å². The second kappa shape index (κ2) is 10.5. The van der Waals surface area contributed by atoms with Crippen molar-refractivity contribution in [2.24, 2.45) is 45.6 Å². The van der Waals surface area contributed by atoms with Crippen molar-refractivity contribution in [1.82, 2.24) is 10.2 Å². The van der Waals surface area contributed by atoms with E-state index in [9.17, 15) is 9.59 Å². The molecule has 1 saturated heterocycles. The van der Waals surface area contributed by atoms with Gasteiger partial charge in [-0.15, -0.1) is 0 Å². The van der Waals surface area contributed by atoms with E-state index in [0.29, 0.717) is 48.6 Å². The molecule has 5 rings (SSSR count). The Morgan fingerprint density at radius 3 is 2.70 bits per heavy atom. The summed E-state index contributed by atoms with van der Waals surface area (Å²) in [6.45, 7) is 13.7. The van der Waals surface area contributed by atoms with Gasteiger partial charge in [-0.25, -0.2) is 4.79 Å². The number of nitrogens with zero attached hydrogens (tertiary/aromatic N) is 2. The average Bonchev–Trinajstić information content (AvgIpc) is 3.45. The van der Waals surface area contributed by atoms with Crippen LogP contribution in [0.15, 0.2) is 16.8 Å². The third-order valence-electron chi connectivity index (χ3n) is 11.6. The van der Waals surface area contributed by atoms with Crippen LogP contribution < -0.4 is 5.32 Å². The van der Waals surface area contributed by atoms with Crippen LogP contribution in [0.1, 0.15) is 98.8 Å². The van der Waals surface area contributed by atoms with Gasteiger partial charge in [-0.3, -0.25) is 9.63 Å². The molecule has 5 aliphatic rings. The quantitative estimate of drug-likeness (QED) is 0.256. The van der Waals surface area contributed by atoms with Gasteiger partial charge >= 0.3 is 6.09 Å². The summed E-state index contributed by atoms with van der Waals surface area (Å²) in [6.07, 6.45) is 12.7. The summed E-state index contributed by atoms with van der Waals surface area (Å²) < 4.78 is 0. The maximum atomic E-state index is 12.9. The first-order chi connectivity index (χ1) is 17.7. The Bertz CT molecular complexity index is 959. The van der Waals surface area contributed by atoms with Crippen LogP contribution in [-0.2, 0) is 9.63 Å². The van der Waals surface area contributed by atoms with E-state index in [2.05, 4.69) is 38.2 Å². The number of nitrogens with one attached hydrogen (secondary N) is 1. The molecule has 1 N–H and O–H groups in total. The standard InChI is InChI=1S/C31H49N3O3/c1-6-34(16-13-23-17-20(2)19-32-23)29(36)37-33-21(3)26-9-10-27-25-8-7-22-18-24(35)11-14-30(22,4)28(25)12-15-31(26,27)5/h18,20,23,25-28,32H,6-17,19H2,1-5H3/b33-21+/t20?,23?,25-,26+,27-,28-,30-,31+/m0/s1. The highest BCUT2D eigenvalue weighted by Gasteiger charge is 2.59. The Morgan fingerprint density at radius 2 is 1.97 bits per heavy atom. The van der Waals surface area contributed by atoms with Crippen LogP contribution in [0, 0.1) is 40.4 Å². The molecule has 3 saturated carbocycles. The average molecular weight is 512 g/mol. The summed E-state index contributed by atoms with van der Waals surface area (Å²) in [5, 5.41) is 8.02. The number of hydrogen-bond donors (Lipinski definition) is 1. The van der Waals surface area contributed by atoms with Crippen LogP contribution in [0.4, 0.5) is 4.79 Å². The van der Waals surface area contributed by atoms with Crippen LogP contribution in [0.3, 0.4) is 0 Å². The summed E-state index contributed by atoms with van der Waals surface area (Å²) in [6, 6.07) is 0.496. The minimum absolute atomic E-state index is 0.213. The molecule has 0 bridgehead atoms. The predicted octanol–water partition coefficient (Wildman–Crippen LogP) is 6.36. The van der Waals surface area contributed by atoms with E-state index in [-0.39, 0.29) is 16.9 Å². The van der Waals surface area contributed by atoms with Crippen LogP contribution in [0.25, 0.3) is 0 Å². The Balaban J connectivity index is 1.21.